The van der Waals surface area contributed by atoms with Crippen LogP contribution in [0.1, 0.15) is 18.3 Å². The summed E-state index contributed by atoms with van der Waals surface area (Å²) in [6, 6.07) is 9.25. The molecule has 0 aliphatic heterocycles. The van der Waals surface area contributed by atoms with Crippen LogP contribution in [0.15, 0.2) is 50.8 Å². The average molecular weight is 489 g/mol. The summed E-state index contributed by atoms with van der Waals surface area (Å²) in [5.74, 6) is -0.395. The molecule has 3 aromatic rings. The standard InChI is InChI=1S/C20H17BrN4O6/c1-11(20(27)30-3)31-18-7-4-13(8-17(18)25(28)29)10-22-24-12(2)23-16-6-5-14(21)9-15(16)19(24)26/h4-11H,1-3H3/t11-/m1/s1. The highest BCUT2D eigenvalue weighted by Crippen LogP contribution is 2.28. The van der Waals surface area contributed by atoms with Gasteiger partial charge in [0.05, 0.1) is 29.2 Å². The molecule has 1 aromatic heterocycles. The quantitative estimate of drug-likeness (QED) is 0.225. The zero-order chi connectivity index (χ0) is 22.7. The molecule has 0 unspecified atom stereocenters. The van der Waals surface area contributed by atoms with E-state index >= 15 is 0 Å². The predicted octanol–water partition coefficient (Wildman–Crippen LogP) is 3.20. The number of nitro groups is 1. The Morgan fingerprint density at radius 3 is 2.74 bits per heavy atom. The Morgan fingerprint density at radius 1 is 1.32 bits per heavy atom. The van der Waals surface area contributed by atoms with Gasteiger partial charge in [-0.1, -0.05) is 15.9 Å². The molecule has 0 radical (unpaired) electrons. The maximum Gasteiger partial charge on any atom is 0.346 e. The number of methoxy groups -OCH3 is 1. The number of aryl methyl sites for hydroxylation is 1. The zero-order valence-electron chi connectivity index (χ0n) is 16.7. The summed E-state index contributed by atoms with van der Waals surface area (Å²) in [7, 11) is 1.19. The summed E-state index contributed by atoms with van der Waals surface area (Å²) in [6.45, 7) is 3.05. The fourth-order valence-electron chi connectivity index (χ4n) is 2.78. The monoisotopic (exact) mass is 488 g/mol. The van der Waals surface area contributed by atoms with E-state index in [1.54, 1.807) is 25.1 Å². The third-order valence-corrected chi connectivity index (χ3v) is 4.80. The second-order valence-electron chi connectivity index (χ2n) is 6.45. The Kier molecular flexibility index (Phi) is 6.44. The van der Waals surface area contributed by atoms with Crippen LogP contribution in [0.3, 0.4) is 0 Å². The first-order valence-electron chi connectivity index (χ1n) is 8.97. The zero-order valence-corrected chi connectivity index (χ0v) is 18.3. The van der Waals surface area contributed by atoms with Gasteiger partial charge in [-0.3, -0.25) is 14.9 Å². The molecule has 1 heterocycles. The molecule has 2 aromatic carbocycles. The fourth-order valence-corrected chi connectivity index (χ4v) is 3.14. The molecule has 31 heavy (non-hydrogen) atoms. The van der Waals surface area contributed by atoms with E-state index in [-0.39, 0.29) is 17.0 Å². The number of carbonyl (C=O) groups is 1. The van der Waals surface area contributed by atoms with Gasteiger partial charge in [0.15, 0.2) is 11.9 Å². The van der Waals surface area contributed by atoms with Crippen molar-refractivity contribution >= 4 is 44.7 Å². The van der Waals surface area contributed by atoms with E-state index in [0.29, 0.717) is 22.3 Å². The number of benzene rings is 2. The van der Waals surface area contributed by atoms with Crippen LogP contribution in [0.5, 0.6) is 5.75 Å². The molecule has 160 valence electrons. The lowest BCUT2D eigenvalue weighted by Gasteiger charge is -2.12. The molecule has 11 heteroatoms. The van der Waals surface area contributed by atoms with Crippen molar-refractivity contribution < 1.29 is 19.2 Å². The van der Waals surface area contributed by atoms with Gasteiger partial charge >= 0.3 is 11.7 Å². The van der Waals surface area contributed by atoms with Crippen molar-refractivity contribution in [2.45, 2.75) is 20.0 Å². The molecular formula is C20H17BrN4O6. The summed E-state index contributed by atoms with van der Waals surface area (Å²) in [6.07, 6.45) is 0.285. The molecule has 0 N–H and O–H groups in total. The van der Waals surface area contributed by atoms with Crippen molar-refractivity contribution in [3.05, 3.63) is 72.7 Å². The van der Waals surface area contributed by atoms with Crippen molar-refractivity contribution in [2.24, 2.45) is 5.10 Å². The predicted molar refractivity (Wildman–Crippen MR) is 117 cm³/mol. The van der Waals surface area contributed by atoms with Gasteiger partial charge in [-0.25, -0.2) is 9.78 Å². The van der Waals surface area contributed by atoms with E-state index in [9.17, 15) is 19.7 Å². The van der Waals surface area contributed by atoms with E-state index < -0.39 is 17.0 Å². The van der Waals surface area contributed by atoms with E-state index in [1.165, 1.54) is 38.4 Å². The Bertz CT molecular complexity index is 1270. The molecule has 0 aliphatic carbocycles. The lowest BCUT2D eigenvalue weighted by atomic mass is 10.2. The van der Waals surface area contributed by atoms with Crippen LogP contribution in [0, 0.1) is 17.0 Å². The first-order valence-corrected chi connectivity index (χ1v) is 9.76. The minimum Gasteiger partial charge on any atom is -0.472 e. The number of hydrogen-bond acceptors (Lipinski definition) is 8. The largest absolute Gasteiger partial charge is 0.472 e. The Morgan fingerprint density at radius 2 is 2.06 bits per heavy atom. The van der Waals surface area contributed by atoms with Crippen LogP contribution < -0.4 is 10.3 Å². The van der Waals surface area contributed by atoms with Crippen molar-refractivity contribution in [1.82, 2.24) is 9.66 Å². The fraction of sp³-hybridized carbons (Fsp3) is 0.200. The molecule has 10 nitrogen and oxygen atoms in total. The van der Waals surface area contributed by atoms with Gasteiger partial charge in [0.1, 0.15) is 5.82 Å². The number of hydrogen-bond donors (Lipinski definition) is 0. The van der Waals surface area contributed by atoms with Crippen LogP contribution in [0.2, 0.25) is 0 Å². The first kappa shape index (κ1) is 22.1. The van der Waals surface area contributed by atoms with Crippen LogP contribution >= 0.6 is 15.9 Å². The molecule has 0 saturated heterocycles. The molecule has 0 bridgehead atoms. The lowest BCUT2D eigenvalue weighted by Crippen LogP contribution is -2.25. The van der Waals surface area contributed by atoms with Gasteiger partial charge in [0.2, 0.25) is 0 Å². The maximum atomic E-state index is 12.8. The number of nitro benzene ring substituents is 1. The molecule has 0 aliphatic rings. The van der Waals surface area contributed by atoms with Gasteiger partial charge in [-0.15, -0.1) is 0 Å². The van der Waals surface area contributed by atoms with Crippen molar-refractivity contribution in [2.75, 3.05) is 7.11 Å². The number of fused-ring (bicyclic) bond motifs is 1. The van der Waals surface area contributed by atoms with Gasteiger partial charge in [-0.2, -0.15) is 9.78 Å². The lowest BCUT2D eigenvalue weighted by molar-refractivity contribution is -0.386. The maximum absolute atomic E-state index is 12.8. The smallest absolute Gasteiger partial charge is 0.346 e. The number of ether oxygens (including phenoxy) is 2. The molecule has 3 rings (SSSR count). The summed E-state index contributed by atoms with van der Waals surface area (Å²) in [5.41, 5.74) is 0.158. The van der Waals surface area contributed by atoms with Crippen LogP contribution in [-0.2, 0) is 9.53 Å². The summed E-state index contributed by atoms with van der Waals surface area (Å²) in [4.78, 5) is 39.5. The summed E-state index contributed by atoms with van der Waals surface area (Å²) >= 11 is 3.32. The highest BCUT2D eigenvalue weighted by Gasteiger charge is 2.22. The second-order valence-corrected chi connectivity index (χ2v) is 7.37. The Labute approximate surface area is 184 Å². The van der Waals surface area contributed by atoms with Gasteiger partial charge < -0.3 is 9.47 Å². The third kappa shape index (κ3) is 4.77. The molecule has 0 fully saturated rings. The number of rotatable bonds is 6. The SMILES string of the molecule is COC(=O)[C@@H](C)Oc1ccc(C=Nn2c(C)nc3ccc(Br)cc3c2=O)cc1[N+](=O)[O-]. The minimum absolute atomic E-state index is 0.0920. The molecule has 1 atom stereocenters. The number of esters is 1. The van der Waals surface area contributed by atoms with Crippen LogP contribution in [0.4, 0.5) is 5.69 Å². The van der Waals surface area contributed by atoms with Crippen molar-refractivity contribution in [1.29, 1.82) is 0 Å². The number of aromatic nitrogens is 2. The van der Waals surface area contributed by atoms with E-state index in [4.69, 9.17) is 4.74 Å². The van der Waals surface area contributed by atoms with Gasteiger partial charge in [0, 0.05) is 16.1 Å². The highest BCUT2D eigenvalue weighted by molar-refractivity contribution is 9.10. The molecule has 0 spiro atoms. The van der Waals surface area contributed by atoms with Crippen LogP contribution in [0.25, 0.3) is 10.9 Å². The summed E-state index contributed by atoms with van der Waals surface area (Å²) < 4.78 is 11.7. The normalized spacial score (nSPS) is 12.1. The van der Waals surface area contributed by atoms with E-state index in [1.807, 2.05) is 0 Å². The molecule has 0 saturated carbocycles. The third-order valence-electron chi connectivity index (χ3n) is 4.31. The molecule has 0 amide bonds. The van der Waals surface area contributed by atoms with Crippen LogP contribution in [-0.4, -0.2) is 40.0 Å². The average Bonchev–Trinajstić information content (AvgIpc) is 2.74. The summed E-state index contributed by atoms with van der Waals surface area (Å²) in [5, 5.41) is 16.0. The Hall–Kier alpha value is -3.60. The number of nitrogens with zero attached hydrogens (tertiary/aromatic N) is 4. The van der Waals surface area contributed by atoms with Crippen molar-refractivity contribution in [3.63, 3.8) is 0 Å². The number of halogens is 1. The minimum atomic E-state index is -1.02. The number of carbonyl (C=O) groups excluding carboxylic acids is 1. The van der Waals surface area contributed by atoms with Crippen molar-refractivity contribution in [3.8, 4) is 5.75 Å². The highest BCUT2D eigenvalue weighted by atomic mass is 79.9. The van der Waals surface area contributed by atoms with Gasteiger partial charge in [0.25, 0.3) is 5.56 Å². The van der Waals surface area contributed by atoms with E-state index in [2.05, 4.69) is 30.8 Å². The Balaban J connectivity index is 1.97. The molecular weight excluding hydrogens is 472 g/mol. The van der Waals surface area contributed by atoms with Gasteiger partial charge in [-0.05, 0) is 44.2 Å². The first-order chi connectivity index (χ1) is 14.7. The topological polar surface area (TPSA) is 126 Å². The van der Waals surface area contributed by atoms with E-state index in [0.717, 1.165) is 9.15 Å². The second kappa shape index (κ2) is 9.04.